The number of nitrogens with one attached hydrogen (secondary N) is 1. The van der Waals surface area contributed by atoms with E-state index in [9.17, 15) is 14.4 Å². The number of hydrogen-bond donors (Lipinski definition) is 2. The zero-order valence-corrected chi connectivity index (χ0v) is 10.7. The molecule has 6 heteroatoms. The second kappa shape index (κ2) is 4.85. The molecular weight excluding hydrogens is 270 g/mol. The molecule has 0 heterocycles. The van der Waals surface area contributed by atoms with Crippen molar-refractivity contribution in [1.82, 2.24) is 5.32 Å². The summed E-state index contributed by atoms with van der Waals surface area (Å²) in [4.78, 5) is 35.0. The fourth-order valence-electron chi connectivity index (χ4n) is 1.75. The average molecular weight is 280 g/mol. The Morgan fingerprint density at radius 2 is 1.74 bits per heavy atom. The average Bonchev–Trinajstić information content (AvgIpc) is 2.40. The van der Waals surface area contributed by atoms with Gasteiger partial charge in [-0.05, 0) is 6.92 Å². The van der Waals surface area contributed by atoms with Crippen LogP contribution in [-0.2, 0) is 4.79 Å². The number of Topliss-reactive ketones (excluding diaryl/α,β-unsaturated/α-hetero) is 2. The monoisotopic (exact) mass is 279 g/mol. The predicted octanol–water partition coefficient (Wildman–Crippen LogP) is 1.58. The van der Waals surface area contributed by atoms with Gasteiger partial charge in [0.15, 0.2) is 0 Å². The summed E-state index contributed by atoms with van der Waals surface area (Å²) in [5.41, 5.74) is 0.281. The Hall–Kier alpha value is -2.14. The van der Waals surface area contributed by atoms with Crippen LogP contribution in [0.25, 0.3) is 0 Å². The minimum atomic E-state index is -1.14. The summed E-state index contributed by atoms with van der Waals surface area (Å²) >= 11 is 5.86. The van der Waals surface area contributed by atoms with Crippen molar-refractivity contribution in [3.8, 4) is 0 Å². The van der Waals surface area contributed by atoms with Gasteiger partial charge in [0.25, 0.3) is 0 Å². The SMILES string of the molecule is C[C@@H](NC1=C(Cl)C(=O)c2ccccc2C1=O)C(=O)O. The lowest BCUT2D eigenvalue weighted by molar-refractivity contribution is -0.138. The van der Waals surface area contributed by atoms with Gasteiger partial charge < -0.3 is 10.4 Å². The molecule has 0 aromatic heterocycles. The van der Waals surface area contributed by atoms with Gasteiger partial charge in [-0.2, -0.15) is 0 Å². The first-order chi connectivity index (χ1) is 8.93. The fraction of sp³-hybridized carbons (Fsp3) is 0.154. The number of benzene rings is 1. The molecule has 5 nitrogen and oxygen atoms in total. The lowest BCUT2D eigenvalue weighted by Gasteiger charge is -2.20. The third kappa shape index (κ3) is 2.24. The van der Waals surface area contributed by atoms with E-state index in [1.165, 1.54) is 19.1 Å². The van der Waals surface area contributed by atoms with Crippen molar-refractivity contribution in [2.45, 2.75) is 13.0 Å². The molecule has 0 radical (unpaired) electrons. The number of carbonyl (C=O) groups excluding carboxylic acids is 2. The van der Waals surface area contributed by atoms with Gasteiger partial charge >= 0.3 is 5.97 Å². The van der Waals surface area contributed by atoms with Crippen LogP contribution < -0.4 is 5.32 Å². The number of allylic oxidation sites excluding steroid dienone is 2. The van der Waals surface area contributed by atoms with Gasteiger partial charge in [-0.3, -0.25) is 14.4 Å². The van der Waals surface area contributed by atoms with E-state index in [1.54, 1.807) is 12.1 Å². The Kier molecular flexibility index (Phi) is 3.40. The summed E-state index contributed by atoms with van der Waals surface area (Å²) in [5, 5.41) is 11.0. The number of ketones is 2. The second-order valence-corrected chi connectivity index (χ2v) is 4.48. The van der Waals surface area contributed by atoms with Gasteiger partial charge in [-0.15, -0.1) is 0 Å². The van der Waals surface area contributed by atoms with Crippen LogP contribution in [0.15, 0.2) is 35.0 Å². The van der Waals surface area contributed by atoms with Gasteiger partial charge in [0, 0.05) is 11.1 Å². The van der Waals surface area contributed by atoms with Gasteiger partial charge in [-0.1, -0.05) is 35.9 Å². The van der Waals surface area contributed by atoms with Crippen molar-refractivity contribution in [1.29, 1.82) is 0 Å². The third-order valence-electron chi connectivity index (χ3n) is 2.79. The molecule has 1 aromatic carbocycles. The van der Waals surface area contributed by atoms with Crippen LogP contribution in [0, 0.1) is 0 Å². The van der Waals surface area contributed by atoms with Gasteiger partial charge in [0.05, 0.1) is 0 Å². The summed E-state index contributed by atoms with van der Waals surface area (Å²) in [7, 11) is 0. The molecule has 0 spiro atoms. The number of hydrogen-bond acceptors (Lipinski definition) is 4. The summed E-state index contributed by atoms with van der Waals surface area (Å²) < 4.78 is 0. The Morgan fingerprint density at radius 3 is 2.26 bits per heavy atom. The number of fused-ring (bicyclic) bond motifs is 1. The molecule has 2 N–H and O–H groups in total. The first kappa shape index (κ1) is 13.3. The molecule has 19 heavy (non-hydrogen) atoms. The van der Waals surface area contributed by atoms with Crippen LogP contribution in [0.5, 0.6) is 0 Å². The summed E-state index contributed by atoms with van der Waals surface area (Å²) in [5.74, 6) is -2.11. The quantitative estimate of drug-likeness (QED) is 0.878. The number of halogens is 1. The fourth-order valence-corrected chi connectivity index (χ4v) is 1.99. The Balaban J connectivity index is 2.46. The molecule has 1 aliphatic carbocycles. The summed E-state index contributed by atoms with van der Waals surface area (Å²) in [6.07, 6.45) is 0. The molecule has 0 bridgehead atoms. The van der Waals surface area contributed by atoms with E-state index in [-0.39, 0.29) is 21.9 Å². The Bertz CT molecular complexity index is 621. The molecule has 0 fully saturated rings. The van der Waals surface area contributed by atoms with E-state index in [2.05, 4.69) is 5.32 Å². The highest BCUT2D eigenvalue weighted by atomic mass is 35.5. The van der Waals surface area contributed by atoms with E-state index in [1.807, 2.05) is 0 Å². The highest BCUT2D eigenvalue weighted by molar-refractivity contribution is 6.49. The standard InChI is InChI=1S/C13H10ClNO4/c1-6(13(18)19)15-10-9(14)11(16)7-4-2-3-5-8(7)12(10)17/h2-6,15H,1H3,(H,18,19)/t6-/m1/s1. The molecule has 98 valence electrons. The summed E-state index contributed by atoms with van der Waals surface area (Å²) in [6.45, 7) is 1.36. The topological polar surface area (TPSA) is 83.5 Å². The minimum absolute atomic E-state index is 0.166. The van der Waals surface area contributed by atoms with E-state index >= 15 is 0 Å². The molecule has 2 rings (SSSR count). The molecule has 1 atom stereocenters. The zero-order chi connectivity index (χ0) is 14.2. The van der Waals surface area contributed by atoms with Crippen molar-refractivity contribution in [2.24, 2.45) is 0 Å². The van der Waals surface area contributed by atoms with Gasteiger partial charge in [0.2, 0.25) is 11.6 Å². The van der Waals surface area contributed by atoms with Crippen molar-refractivity contribution in [2.75, 3.05) is 0 Å². The maximum Gasteiger partial charge on any atom is 0.325 e. The molecule has 0 saturated carbocycles. The van der Waals surface area contributed by atoms with E-state index in [0.717, 1.165) is 0 Å². The van der Waals surface area contributed by atoms with Crippen LogP contribution in [0.3, 0.4) is 0 Å². The minimum Gasteiger partial charge on any atom is -0.480 e. The predicted molar refractivity (Wildman–Crippen MR) is 68.2 cm³/mol. The van der Waals surface area contributed by atoms with E-state index < -0.39 is 23.6 Å². The molecule has 0 aliphatic heterocycles. The summed E-state index contributed by atoms with van der Waals surface area (Å²) in [6, 6.07) is 5.25. The molecular formula is C13H10ClNO4. The lowest BCUT2D eigenvalue weighted by atomic mass is 9.92. The first-order valence-electron chi connectivity index (χ1n) is 5.51. The molecule has 0 unspecified atom stereocenters. The smallest absolute Gasteiger partial charge is 0.325 e. The van der Waals surface area contributed by atoms with Crippen molar-refractivity contribution in [3.63, 3.8) is 0 Å². The van der Waals surface area contributed by atoms with Crippen LogP contribution in [0.1, 0.15) is 27.6 Å². The van der Waals surface area contributed by atoms with Crippen molar-refractivity contribution in [3.05, 3.63) is 46.1 Å². The van der Waals surface area contributed by atoms with E-state index in [4.69, 9.17) is 16.7 Å². The van der Waals surface area contributed by atoms with Crippen molar-refractivity contribution >= 4 is 29.1 Å². The molecule has 0 saturated heterocycles. The van der Waals surface area contributed by atoms with Crippen LogP contribution in [-0.4, -0.2) is 28.7 Å². The largest absolute Gasteiger partial charge is 0.480 e. The number of carbonyl (C=O) groups is 3. The van der Waals surface area contributed by atoms with Gasteiger partial charge in [-0.25, -0.2) is 0 Å². The Morgan fingerprint density at radius 1 is 1.21 bits per heavy atom. The van der Waals surface area contributed by atoms with Crippen molar-refractivity contribution < 1.29 is 19.5 Å². The van der Waals surface area contributed by atoms with Crippen LogP contribution >= 0.6 is 11.6 Å². The molecule has 1 aromatic rings. The lowest BCUT2D eigenvalue weighted by Crippen LogP contribution is -2.38. The third-order valence-corrected chi connectivity index (χ3v) is 3.15. The second-order valence-electron chi connectivity index (χ2n) is 4.10. The highest BCUT2D eigenvalue weighted by Gasteiger charge is 2.32. The maximum absolute atomic E-state index is 12.2. The number of aliphatic carboxylic acids is 1. The molecule has 0 amide bonds. The number of carboxylic acid groups (broad SMARTS) is 1. The maximum atomic E-state index is 12.2. The zero-order valence-electron chi connectivity index (χ0n) is 9.94. The highest BCUT2D eigenvalue weighted by Crippen LogP contribution is 2.27. The molecule has 1 aliphatic rings. The van der Waals surface area contributed by atoms with E-state index in [0.29, 0.717) is 0 Å². The van der Waals surface area contributed by atoms with Crippen LogP contribution in [0.2, 0.25) is 0 Å². The normalized spacial score (nSPS) is 16.1. The number of carboxylic acids is 1. The first-order valence-corrected chi connectivity index (χ1v) is 5.88. The Labute approximate surface area is 113 Å². The van der Waals surface area contributed by atoms with Crippen LogP contribution in [0.4, 0.5) is 0 Å². The van der Waals surface area contributed by atoms with Gasteiger partial charge in [0.1, 0.15) is 16.8 Å². The number of rotatable bonds is 3.